The van der Waals surface area contributed by atoms with Crippen LogP contribution in [-0.4, -0.2) is 23.2 Å². The van der Waals surface area contributed by atoms with Crippen LogP contribution in [0.3, 0.4) is 0 Å². The van der Waals surface area contributed by atoms with Crippen molar-refractivity contribution in [3.05, 3.63) is 50.7 Å². The Kier molecular flexibility index (Phi) is 3.96. The zero-order valence-electron chi connectivity index (χ0n) is 9.94. The first kappa shape index (κ1) is 13.3. The monoisotopic (exact) mass is 323 g/mol. The molecule has 7 heteroatoms. The quantitative estimate of drug-likeness (QED) is 0.902. The van der Waals surface area contributed by atoms with Gasteiger partial charge in [0.15, 0.2) is 5.82 Å². The topological polar surface area (TPSA) is 84.1 Å². The van der Waals surface area contributed by atoms with E-state index < -0.39 is 0 Å². The molecule has 19 heavy (non-hydrogen) atoms. The Labute approximate surface area is 116 Å². The summed E-state index contributed by atoms with van der Waals surface area (Å²) in [5.74, 6) is 0.328. The Morgan fingerprint density at radius 1 is 1.37 bits per heavy atom. The number of benzene rings is 1. The van der Waals surface area contributed by atoms with E-state index in [9.17, 15) is 9.59 Å². The normalized spacial score (nSPS) is 10.0. The average molecular weight is 324 g/mol. The lowest BCUT2D eigenvalue weighted by molar-refractivity contribution is 0.102. The van der Waals surface area contributed by atoms with Gasteiger partial charge in [-0.05, 0) is 24.3 Å². The highest BCUT2D eigenvalue weighted by Crippen LogP contribution is 2.24. The number of halogens is 1. The molecule has 0 saturated heterocycles. The predicted molar refractivity (Wildman–Crippen MR) is 73.5 cm³/mol. The first-order valence-electron chi connectivity index (χ1n) is 5.31. The van der Waals surface area contributed by atoms with Crippen LogP contribution in [-0.2, 0) is 0 Å². The number of amides is 1. The van der Waals surface area contributed by atoms with Gasteiger partial charge in [0.05, 0.1) is 12.7 Å². The van der Waals surface area contributed by atoms with Crippen LogP contribution in [0.15, 0.2) is 39.6 Å². The van der Waals surface area contributed by atoms with Crippen molar-refractivity contribution in [1.29, 1.82) is 0 Å². The highest BCUT2D eigenvalue weighted by atomic mass is 79.9. The third-order valence-electron chi connectivity index (χ3n) is 2.33. The summed E-state index contributed by atoms with van der Waals surface area (Å²) in [6.45, 7) is 0. The van der Waals surface area contributed by atoms with Crippen molar-refractivity contribution in [3.8, 4) is 5.75 Å². The number of carbonyl (C=O) groups is 1. The van der Waals surface area contributed by atoms with Gasteiger partial charge in [0.1, 0.15) is 5.75 Å². The highest BCUT2D eigenvalue weighted by Gasteiger charge is 2.13. The second kappa shape index (κ2) is 5.66. The molecule has 98 valence electrons. The minimum absolute atomic E-state index is 0.259. The molecule has 0 fully saturated rings. The summed E-state index contributed by atoms with van der Waals surface area (Å²) in [6, 6.07) is 7.75. The molecule has 6 nitrogen and oxygen atoms in total. The molecule has 1 aromatic carbocycles. The van der Waals surface area contributed by atoms with Crippen molar-refractivity contribution in [1.82, 2.24) is 10.2 Å². The lowest BCUT2D eigenvalue weighted by atomic mass is 10.2. The largest absolute Gasteiger partial charge is 0.496 e. The van der Waals surface area contributed by atoms with Gasteiger partial charge in [-0.2, -0.15) is 5.10 Å². The van der Waals surface area contributed by atoms with E-state index in [-0.39, 0.29) is 17.3 Å². The number of H-pyrrole nitrogens is 1. The summed E-state index contributed by atoms with van der Waals surface area (Å²) >= 11 is 3.30. The summed E-state index contributed by atoms with van der Waals surface area (Å²) in [5.41, 5.74) is 0.0397. The fraction of sp³-hybridized carbons (Fsp3) is 0.0833. The van der Waals surface area contributed by atoms with Gasteiger partial charge < -0.3 is 10.1 Å². The van der Waals surface area contributed by atoms with E-state index in [1.165, 1.54) is 19.2 Å². The van der Waals surface area contributed by atoms with Gasteiger partial charge in [0.2, 0.25) is 0 Å². The van der Waals surface area contributed by atoms with Crippen LogP contribution in [0.25, 0.3) is 0 Å². The summed E-state index contributed by atoms with van der Waals surface area (Å²) < 4.78 is 5.94. The molecule has 1 heterocycles. The molecule has 2 N–H and O–H groups in total. The number of ether oxygens (including phenoxy) is 1. The van der Waals surface area contributed by atoms with Gasteiger partial charge in [-0.3, -0.25) is 9.59 Å². The maximum Gasteiger partial charge on any atom is 0.264 e. The molecule has 0 bridgehead atoms. The Balaban J connectivity index is 2.24. The van der Waals surface area contributed by atoms with E-state index in [1.54, 1.807) is 18.2 Å². The van der Waals surface area contributed by atoms with Crippen LogP contribution in [0.2, 0.25) is 0 Å². The van der Waals surface area contributed by atoms with Crippen molar-refractivity contribution < 1.29 is 9.53 Å². The molecule has 0 aliphatic heterocycles. The molecule has 2 aromatic rings. The van der Waals surface area contributed by atoms with Crippen molar-refractivity contribution >= 4 is 27.7 Å². The molecule has 0 radical (unpaired) electrons. The standard InChI is InChI=1S/C12H10BrN3O3/c1-19-9-6-7(13)2-3-8(9)12(18)14-10-4-5-11(17)16-15-10/h2-6H,1H3,(H,16,17)(H,14,15,18). The maximum atomic E-state index is 12.1. The van der Waals surface area contributed by atoms with Crippen LogP contribution in [0.5, 0.6) is 5.75 Å². The van der Waals surface area contributed by atoms with Gasteiger partial charge in [0.25, 0.3) is 11.5 Å². The molecular formula is C12H10BrN3O3. The minimum Gasteiger partial charge on any atom is -0.496 e. The second-order valence-electron chi connectivity index (χ2n) is 3.61. The van der Waals surface area contributed by atoms with Gasteiger partial charge in [0, 0.05) is 10.5 Å². The number of hydrogen-bond donors (Lipinski definition) is 2. The van der Waals surface area contributed by atoms with E-state index in [2.05, 4.69) is 31.4 Å². The van der Waals surface area contributed by atoms with Crippen molar-refractivity contribution in [2.45, 2.75) is 0 Å². The third kappa shape index (κ3) is 3.19. The zero-order valence-corrected chi connectivity index (χ0v) is 11.5. The fourth-order valence-corrected chi connectivity index (χ4v) is 1.79. The number of rotatable bonds is 3. The summed E-state index contributed by atoms with van der Waals surface area (Å²) in [5, 5.41) is 8.50. The van der Waals surface area contributed by atoms with E-state index in [0.29, 0.717) is 11.3 Å². The Morgan fingerprint density at radius 3 is 2.79 bits per heavy atom. The molecular weight excluding hydrogens is 314 g/mol. The van der Waals surface area contributed by atoms with Crippen LogP contribution < -0.4 is 15.6 Å². The SMILES string of the molecule is COc1cc(Br)ccc1C(=O)Nc1ccc(=O)[nH]n1. The number of nitrogens with one attached hydrogen (secondary N) is 2. The summed E-state index contributed by atoms with van der Waals surface area (Å²) in [7, 11) is 1.48. The lowest BCUT2D eigenvalue weighted by Crippen LogP contribution is -2.16. The number of carbonyl (C=O) groups excluding carboxylic acids is 1. The molecule has 2 rings (SSSR count). The first-order chi connectivity index (χ1) is 9.10. The average Bonchev–Trinajstić information content (AvgIpc) is 2.41. The number of aromatic amines is 1. The van der Waals surface area contributed by atoms with Gasteiger partial charge >= 0.3 is 0 Å². The summed E-state index contributed by atoms with van der Waals surface area (Å²) in [6.07, 6.45) is 0. The molecule has 0 aliphatic carbocycles. The van der Waals surface area contributed by atoms with Crippen molar-refractivity contribution in [2.75, 3.05) is 12.4 Å². The molecule has 0 spiro atoms. The van der Waals surface area contributed by atoms with Gasteiger partial charge in [-0.1, -0.05) is 15.9 Å². The van der Waals surface area contributed by atoms with E-state index in [0.717, 1.165) is 4.47 Å². The first-order valence-corrected chi connectivity index (χ1v) is 6.10. The second-order valence-corrected chi connectivity index (χ2v) is 4.52. The molecule has 1 aromatic heterocycles. The highest BCUT2D eigenvalue weighted by molar-refractivity contribution is 9.10. The molecule has 0 aliphatic rings. The van der Waals surface area contributed by atoms with E-state index >= 15 is 0 Å². The maximum absolute atomic E-state index is 12.1. The van der Waals surface area contributed by atoms with Crippen molar-refractivity contribution in [2.24, 2.45) is 0 Å². The number of aromatic nitrogens is 2. The molecule has 0 atom stereocenters. The van der Waals surface area contributed by atoms with Crippen LogP contribution in [0, 0.1) is 0 Å². The van der Waals surface area contributed by atoms with E-state index in [4.69, 9.17) is 4.74 Å². The number of methoxy groups -OCH3 is 1. The Bertz CT molecular complexity index is 649. The van der Waals surface area contributed by atoms with Gasteiger partial charge in [-0.15, -0.1) is 0 Å². The predicted octanol–water partition coefficient (Wildman–Crippen LogP) is 1.79. The Hall–Kier alpha value is -2.15. The van der Waals surface area contributed by atoms with E-state index in [1.807, 2.05) is 0 Å². The number of hydrogen-bond acceptors (Lipinski definition) is 4. The third-order valence-corrected chi connectivity index (χ3v) is 2.82. The van der Waals surface area contributed by atoms with Crippen molar-refractivity contribution in [3.63, 3.8) is 0 Å². The van der Waals surface area contributed by atoms with Crippen LogP contribution >= 0.6 is 15.9 Å². The molecule has 0 saturated carbocycles. The summed E-state index contributed by atoms with van der Waals surface area (Å²) in [4.78, 5) is 22.9. The zero-order chi connectivity index (χ0) is 13.8. The lowest BCUT2D eigenvalue weighted by Gasteiger charge is -2.08. The minimum atomic E-state index is -0.371. The fourth-order valence-electron chi connectivity index (χ4n) is 1.45. The number of nitrogens with zero attached hydrogens (tertiary/aromatic N) is 1. The number of anilines is 1. The smallest absolute Gasteiger partial charge is 0.264 e. The Morgan fingerprint density at radius 2 is 2.16 bits per heavy atom. The van der Waals surface area contributed by atoms with Gasteiger partial charge in [-0.25, -0.2) is 5.10 Å². The van der Waals surface area contributed by atoms with Crippen LogP contribution in [0.4, 0.5) is 5.82 Å². The molecule has 0 unspecified atom stereocenters. The molecule has 1 amide bonds. The van der Waals surface area contributed by atoms with Crippen LogP contribution in [0.1, 0.15) is 10.4 Å².